The van der Waals surface area contributed by atoms with Crippen LogP contribution in [0.2, 0.25) is 0 Å². The van der Waals surface area contributed by atoms with E-state index in [0.717, 1.165) is 16.9 Å². The average molecular weight is 245 g/mol. The third-order valence-corrected chi connectivity index (χ3v) is 2.82. The molecular weight excluding hydrogens is 230 g/mol. The lowest BCUT2D eigenvalue weighted by Gasteiger charge is -2.04. The average Bonchev–Trinajstić information content (AvgIpc) is 2.67. The number of aryl methyl sites for hydroxylation is 1. The molecule has 2 rings (SSSR count). The van der Waals surface area contributed by atoms with Gasteiger partial charge in [-0.05, 0) is 26.0 Å². The summed E-state index contributed by atoms with van der Waals surface area (Å²) >= 11 is 0. The number of rotatable bonds is 2. The summed E-state index contributed by atoms with van der Waals surface area (Å²) in [6.07, 6.45) is 0. The Morgan fingerprint density at radius 2 is 1.89 bits per heavy atom. The van der Waals surface area contributed by atoms with Gasteiger partial charge in [0, 0.05) is 0 Å². The highest BCUT2D eigenvalue weighted by atomic mass is 16.5. The molecule has 1 aromatic carbocycles. The Morgan fingerprint density at radius 3 is 2.44 bits per heavy atom. The molecule has 2 N–H and O–H groups in total. The van der Waals surface area contributed by atoms with Gasteiger partial charge in [-0.1, -0.05) is 17.7 Å². The van der Waals surface area contributed by atoms with E-state index in [1.54, 1.807) is 4.68 Å². The summed E-state index contributed by atoms with van der Waals surface area (Å²) in [4.78, 5) is 11.5. The molecule has 1 aromatic heterocycles. The zero-order chi connectivity index (χ0) is 13.3. The monoisotopic (exact) mass is 245 g/mol. The van der Waals surface area contributed by atoms with Crippen molar-refractivity contribution in [3.8, 4) is 5.69 Å². The minimum atomic E-state index is -0.526. The Balaban J connectivity index is 2.52. The molecule has 0 aliphatic carbocycles. The van der Waals surface area contributed by atoms with Crippen LogP contribution in [0.5, 0.6) is 0 Å². The zero-order valence-corrected chi connectivity index (χ0v) is 10.6. The van der Waals surface area contributed by atoms with Crippen molar-refractivity contribution in [1.82, 2.24) is 9.78 Å². The van der Waals surface area contributed by atoms with Gasteiger partial charge in [-0.25, -0.2) is 9.48 Å². The summed E-state index contributed by atoms with van der Waals surface area (Å²) in [6, 6.07) is 7.81. The molecule has 0 spiro atoms. The van der Waals surface area contributed by atoms with Crippen molar-refractivity contribution in [2.24, 2.45) is 0 Å². The molecule has 94 valence electrons. The van der Waals surface area contributed by atoms with E-state index >= 15 is 0 Å². The van der Waals surface area contributed by atoms with E-state index in [-0.39, 0.29) is 5.69 Å². The number of nitrogens with two attached hydrogens (primary N) is 1. The molecule has 0 saturated heterocycles. The van der Waals surface area contributed by atoms with Gasteiger partial charge in [0.15, 0.2) is 5.69 Å². The van der Waals surface area contributed by atoms with E-state index < -0.39 is 5.97 Å². The first-order valence-corrected chi connectivity index (χ1v) is 5.55. The smallest absolute Gasteiger partial charge is 0.360 e. The summed E-state index contributed by atoms with van der Waals surface area (Å²) in [7, 11) is 1.31. The summed E-state index contributed by atoms with van der Waals surface area (Å²) in [5.41, 5.74) is 9.10. The lowest BCUT2D eigenvalue weighted by Crippen LogP contribution is -2.06. The minimum absolute atomic E-state index is 0.149. The van der Waals surface area contributed by atoms with Crippen LogP contribution in [0.1, 0.15) is 21.7 Å². The van der Waals surface area contributed by atoms with E-state index in [9.17, 15) is 4.79 Å². The fourth-order valence-corrected chi connectivity index (χ4v) is 1.70. The van der Waals surface area contributed by atoms with Crippen LogP contribution in [-0.2, 0) is 4.74 Å². The Hall–Kier alpha value is -2.30. The number of hydrogen-bond donors (Lipinski definition) is 1. The highest BCUT2D eigenvalue weighted by molar-refractivity contribution is 5.93. The molecule has 0 amide bonds. The topological polar surface area (TPSA) is 70.1 Å². The normalized spacial score (nSPS) is 10.4. The van der Waals surface area contributed by atoms with Crippen LogP contribution in [0.3, 0.4) is 0 Å². The van der Waals surface area contributed by atoms with Crippen LogP contribution >= 0.6 is 0 Å². The number of hydrogen-bond acceptors (Lipinski definition) is 4. The molecule has 0 fully saturated rings. The fourth-order valence-electron chi connectivity index (χ4n) is 1.70. The molecular formula is C13H15N3O2. The standard InChI is InChI=1S/C13H15N3O2/c1-8-4-6-10(7-5-8)16-9(2)11(14)12(15-16)13(17)18-3/h4-7H,14H2,1-3H3. The third-order valence-electron chi connectivity index (χ3n) is 2.82. The molecule has 0 aliphatic heterocycles. The van der Waals surface area contributed by atoms with Gasteiger partial charge in [-0.15, -0.1) is 0 Å². The molecule has 0 bridgehead atoms. The number of nitrogen functional groups attached to an aromatic ring is 1. The summed E-state index contributed by atoms with van der Waals surface area (Å²) in [6.45, 7) is 3.82. The summed E-state index contributed by atoms with van der Waals surface area (Å²) in [5, 5.41) is 4.20. The Kier molecular flexibility index (Phi) is 3.06. The number of benzene rings is 1. The van der Waals surface area contributed by atoms with Crippen molar-refractivity contribution < 1.29 is 9.53 Å². The molecule has 0 unspecified atom stereocenters. The first-order valence-electron chi connectivity index (χ1n) is 5.55. The lowest BCUT2D eigenvalue weighted by atomic mass is 10.2. The van der Waals surface area contributed by atoms with Gasteiger partial charge >= 0.3 is 5.97 Å². The number of aromatic nitrogens is 2. The predicted octanol–water partition coefficient (Wildman–Crippen LogP) is 1.86. The van der Waals surface area contributed by atoms with Crippen molar-refractivity contribution in [3.05, 3.63) is 41.2 Å². The van der Waals surface area contributed by atoms with Crippen LogP contribution in [0, 0.1) is 13.8 Å². The molecule has 5 nitrogen and oxygen atoms in total. The molecule has 0 radical (unpaired) electrons. The molecule has 0 atom stereocenters. The quantitative estimate of drug-likeness (QED) is 0.820. The van der Waals surface area contributed by atoms with E-state index in [2.05, 4.69) is 9.84 Å². The molecule has 2 aromatic rings. The van der Waals surface area contributed by atoms with Crippen molar-refractivity contribution in [3.63, 3.8) is 0 Å². The van der Waals surface area contributed by atoms with Gasteiger partial charge in [0.1, 0.15) is 0 Å². The van der Waals surface area contributed by atoms with Gasteiger partial charge in [-0.3, -0.25) is 0 Å². The number of esters is 1. The second-order valence-corrected chi connectivity index (χ2v) is 4.09. The third kappa shape index (κ3) is 1.95. The Bertz CT molecular complexity index is 585. The molecule has 5 heteroatoms. The lowest BCUT2D eigenvalue weighted by molar-refractivity contribution is 0.0594. The SMILES string of the molecule is COC(=O)c1nn(-c2ccc(C)cc2)c(C)c1N. The number of ether oxygens (including phenoxy) is 1. The maximum absolute atomic E-state index is 11.5. The van der Waals surface area contributed by atoms with Crippen molar-refractivity contribution >= 4 is 11.7 Å². The summed E-state index contributed by atoms with van der Waals surface area (Å²) < 4.78 is 6.29. The number of carbonyl (C=O) groups excluding carboxylic acids is 1. The molecule has 18 heavy (non-hydrogen) atoms. The van der Waals surface area contributed by atoms with Gasteiger partial charge in [-0.2, -0.15) is 5.10 Å². The van der Waals surface area contributed by atoms with E-state index in [1.807, 2.05) is 38.1 Å². The second kappa shape index (κ2) is 4.52. The predicted molar refractivity (Wildman–Crippen MR) is 68.8 cm³/mol. The summed E-state index contributed by atoms with van der Waals surface area (Å²) in [5.74, 6) is -0.526. The van der Waals surface area contributed by atoms with Gasteiger partial charge in [0.05, 0.1) is 24.2 Å². The largest absolute Gasteiger partial charge is 0.464 e. The molecule has 0 saturated carbocycles. The fraction of sp³-hybridized carbons (Fsp3) is 0.231. The Morgan fingerprint density at radius 1 is 1.28 bits per heavy atom. The zero-order valence-electron chi connectivity index (χ0n) is 10.6. The minimum Gasteiger partial charge on any atom is -0.464 e. The van der Waals surface area contributed by atoms with Crippen molar-refractivity contribution in [2.75, 3.05) is 12.8 Å². The van der Waals surface area contributed by atoms with Crippen LogP contribution in [-0.4, -0.2) is 22.9 Å². The number of anilines is 1. The van der Waals surface area contributed by atoms with Crippen LogP contribution < -0.4 is 5.73 Å². The maximum atomic E-state index is 11.5. The van der Waals surface area contributed by atoms with E-state index in [0.29, 0.717) is 5.69 Å². The Labute approximate surface area is 105 Å². The van der Waals surface area contributed by atoms with Gasteiger partial charge in [0.25, 0.3) is 0 Å². The van der Waals surface area contributed by atoms with Crippen LogP contribution in [0.4, 0.5) is 5.69 Å². The van der Waals surface area contributed by atoms with Crippen molar-refractivity contribution in [1.29, 1.82) is 0 Å². The molecule has 1 heterocycles. The molecule has 0 aliphatic rings. The first kappa shape index (κ1) is 12.2. The maximum Gasteiger partial charge on any atom is 0.360 e. The number of nitrogens with zero attached hydrogens (tertiary/aromatic N) is 2. The van der Waals surface area contributed by atoms with Crippen molar-refractivity contribution in [2.45, 2.75) is 13.8 Å². The highest BCUT2D eigenvalue weighted by Crippen LogP contribution is 2.21. The van der Waals surface area contributed by atoms with Gasteiger partial charge in [0.2, 0.25) is 0 Å². The first-order chi connectivity index (χ1) is 8.54. The van der Waals surface area contributed by atoms with Crippen LogP contribution in [0.15, 0.2) is 24.3 Å². The van der Waals surface area contributed by atoms with E-state index in [1.165, 1.54) is 7.11 Å². The number of methoxy groups -OCH3 is 1. The number of carbonyl (C=O) groups is 1. The van der Waals surface area contributed by atoms with Gasteiger partial charge < -0.3 is 10.5 Å². The highest BCUT2D eigenvalue weighted by Gasteiger charge is 2.19. The van der Waals surface area contributed by atoms with Crippen LogP contribution in [0.25, 0.3) is 5.69 Å². The second-order valence-electron chi connectivity index (χ2n) is 4.09. The van der Waals surface area contributed by atoms with E-state index in [4.69, 9.17) is 5.73 Å².